The van der Waals surface area contributed by atoms with Crippen LogP contribution in [0.3, 0.4) is 0 Å². The molecule has 2 aromatic rings. The van der Waals surface area contributed by atoms with E-state index in [0.717, 1.165) is 37.2 Å². The summed E-state index contributed by atoms with van der Waals surface area (Å²) in [6.45, 7) is 2.96. The monoisotopic (exact) mass is 368 g/mol. The van der Waals surface area contributed by atoms with Gasteiger partial charge < -0.3 is 14.1 Å². The highest BCUT2D eigenvalue weighted by Crippen LogP contribution is 2.36. The molecule has 1 saturated heterocycles. The quantitative estimate of drug-likeness (QED) is 0.828. The largest absolute Gasteiger partial charge is 0.490 e. The number of carbonyl (C=O) groups is 1. The summed E-state index contributed by atoms with van der Waals surface area (Å²) in [7, 11) is 0. The van der Waals surface area contributed by atoms with Gasteiger partial charge in [0.2, 0.25) is 0 Å². The van der Waals surface area contributed by atoms with Crippen molar-refractivity contribution in [3.8, 4) is 5.75 Å². The molecule has 0 unspecified atom stereocenters. The van der Waals surface area contributed by atoms with Crippen LogP contribution in [0.25, 0.3) is 0 Å². The molecule has 4 rings (SSSR count). The Bertz CT molecular complexity index is 865. The number of hydrogen-bond donors (Lipinski definition) is 0. The van der Waals surface area contributed by atoms with Gasteiger partial charge in [-0.15, -0.1) is 0 Å². The molecule has 1 aliphatic carbocycles. The average molecular weight is 368 g/mol. The molecule has 2 aliphatic rings. The van der Waals surface area contributed by atoms with Crippen LogP contribution in [0.5, 0.6) is 5.75 Å². The van der Waals surface area contributed by atoms with Crippen molar-refractivity contribution in [3.63, 3.8) is 0 Å². The standard InChI is InChI=1S/C21H24N2O4/c1-14-13-18(15-3-2-4-15)27-21(25)19(14)20(24)23-11-7-17(8-12-23)26-16-5-9-22-10-6-16/h5-6,9-10,13,15,17H,2-4,7-8,11-12H2,1H3. The molecule has 1 saturated carbocycles. The smallest absolute Gasteiger partial charge is 0.349 e. The number of nitrogens with zero attached hydrogens (tertiary/aromatic N) is 2. The Labute approximate surface area is 158 Å². The predicted molar refractivity (Wildman–Crippen MR) is 100 cm³/mol. The molecular formula is C21H24N2O4. The molecule has 1 aliphatic heterocycles. The lowest BCUT2D eigenvalue weighted by atomic mass is 9.83. The first kappa shape index (κ1) is 17.8. The van der Waals surface area contributed by atoms with Crippen LogP contribution in [-0.4, -0.2) is 35.0 Å². The normalized spacial score (nSPS) is 18.2. The van der Waals surface area contributed by atoms with Crippen LogP contribution in [0.15, 0.2) is 39.8 Å². The van der Waals surface area contributed by atoms with Gasteiger partial charge in [-0.3, -0.25) is 9.78 Å². The number of aromatic nitrogens is 1. The Balaban J connectivity index is 1.41. The second kappa shape index (κ2) is 7.55. The van der Waals surface area contributed by atoms with E-state index in [-0.39, 0.29) is 17.6 Å². The number of hydrogen-bond acceptors (Lipinski definition) is 5. The number of aryl methyl sites for hydroxylation is 1. The van der Waals surface area contributed by atoms with Crippen molar-refractivity contribution in [2.45, 2.75) is 51.0 Å². The van der Waals surface area contributed by atoms with Gasteiger partial charge in [-0.2, -0.15) is 0 Å². The minimum Gasteiger partial charge on any atom is -0.490 e. The average Bonchev–Trinajstić information content (AvgIpc) is 2.61. The van der Waals surface area contributed by atoms with Crippen molar-refractivity contribution in [2.24, 2.45) is 0 Å². The molecule has 6 nitrogen and oxygen atoms in total. The summed E-state index contributed by atoms with van der Waals surface area (Å²) in [5.74, 6) is 1.62. The lowest BCUT2D eigenvalue weighted by Crippen LogP contribution is -2.43. The van der Waals surface area contributed by atoms with Gasteiger partial charge in [-0.25, -0.2) is 4.79 Å². The Hall–Kier alpha value is -2.63. The second-order valence-electron chi connectivity index (χ2n) is 7.41. The number of likely N-dealkylation sites (tertiary alicyclic amines) is 1. The maximum atomic E-state index is 12.9. The fraction of sp³-hybridized carbons (Fsp3) is 0.476. The van der Waals surface area contributed by atoms with Crippen LogP contribution in [-0.2, 0) is 0 Å². The Morgan fingerprint density at radius 3 is 2.48 bits per heavy atom. The van der Waals surface area contributed by atoms with Gasteiger partial charge >= 0.3 is 5.63 Å². The second-order valence-corrected chi connectivity index (χ2v) is 7.41. The number of pyridine rings is 1. The maximum absolute atomic E-state index is 12.9. The SMILES string of the molecule is Cc1cc(C2CCC2)oc(=O)c1C(=O)N1CCC(Oc2ccncc2)CC1. The maximum Gasteiger partial charge on any atom is 0.349 e. The van der Waals surface area contributed by atoms with E-state index >= 15 is 0 Å². The van der Waals surface area contributed by atoms with Crippen LogP contribution < -0.4 is 10.4 Å². The Morgan fingerprint density at radius 1 is 1.19 bits per heavy atom. The first-order valence-electron chi connectivity index (χ1n) is 9.62. The molecule has 1 amide bonds. The fourth-order valence-electron chi connectivity index (χ4n) is 3.73. The van der Waals surface area contributed by atoms with Crippen molar-refractivity contribution in [2.75, 3.05) is 13.1 Å². The third-order valence-corrected chi connectivity index (χ3v) is 5.57. The van der Waals surface area contributed by atoms with E-state index in [9.17, 15) is 9.59 Å². The number of carbonyl (C=O) groups excluding carboxylic acids is 1. The van der Waals surface area contributed by atoms with E-state index in [1.54, 1.807) is 17.3 Å². The van der Waals surface area contributed by atoms with Gasteiger partial charge in [0.05, 0.1) is 0 Å². The number of amides is 1. The molecule has 6 heteroatoms. The molecule has 142 valence electrons. The van der Waals surface area contributed by atoms with E-state index in [0.29, 0.717) is 24.6 Å². The van der Waals surface area contributed by atoms with Crippen LogP contribution in [0.4, 0.5) is 0 Å². The van der Waals surface area contributed by atoms with Gasteiger partial charge in [0.15, 0.2) is 0 Å². The van der Waals surface area contributed by atoms with Gasteiger partial charge in [-0.1, -0.05) is 6.42 Å². The summed E-state index contributed by atoms with van der Waals surface area (Å²) in [6, 6.07) is 5.53. The zero-order chi connectivity index (χ0) is 18.8. The van der Waals surface area contributed by atoms with Crippen LogP contribution in [0.2, 0.25) is 0 Å². The van der Waals surface area contributed by atoms with Gasteiger partial charge in [0.1, 0.15) is 23.2 Å². The third-order valence-electron chi connectivity index (χ3n) is 5.57. The van der Waals surface area contributed by atoms with Crippen molar-refractivity contribution >= 4 is 5.91 Å². The molecule has 0 aromatic carbocycles. The molecule has 0 atom stereocenters. The van der Waals surface area contributed by atoms with Crippen molar-refractivity contribution in [3.05, 3.63) is 57.9 Å². The lowest BCUT2D eigenvalue weighted by Gasteiger charge is -2.32. The zero-order valence-corrected chi connectivity index (χ0v) is 15.5. The summed E-state index contributed by atoms with van der Waals surface area (Å²) < 4.78 is 11.4. The fourth-order valence-corrected chi connectivity index (χ4v) is 3.73. The first-order valence-corrected chi connectivity index (χ1v) is 9.62. The molecule has 0 bridgehead atoms. The molecular weight excluding hydrogens is 344 g/mol. The molecule has 3 heterocycles. The van der Waals surface area contributed by atoms with Gasteiger partial charge in [0, 0.05) is 44.2 Å². The molecule has 27 heavy (non-hydrogen) atoms. The number of piperidine rings is 1. The molecule has 2 aromatic heterocycles. The highest BCUT2D eigenvalue weighted by Gasteiger charge is 2.29. The predicted octanol–water partition coefficient (Wildman–Crippen LogP) is 3.29. The summed E-state index contributed by atoms with van der Waals surface area (Å²) in [5, 5.41) is 0. The minimum absolute atomic E-state index is 0.0648. The highest BCUT2D eigenvalue weighted by atomic mass is 16.5. The van der Waals surface area contributed by atoms with E-state index in [1.807, 2.05) is 25.1 Å². The summed E-state index contributed by atoms with van der Waals surface area (Å²) in [6.07, 6.45) is 8.21. The molecule has 2 fully saturated rings. The molecule has 0 N–H and O–H groups in total. The van der Waals surface area contributed by atoms with E-state index in [1.165, 1.54) is 6.42 Å². The van der Waals surface area contributed by atoms with Crippen LogP contribution >= 0.6 is 0 Å². The van der Waals surface area contributed by atoms with E-state index < -0.39 is 5.63 Å². The topological polar surface area (TPSA) is 72.6 Å². The highest BCUT2D eigenvalue weighted by molar-refractivity contribution is 5.95. The van der Waals surface area contributed by atoms with Gasteiger partial charge in [-0.05, 0) is 43.5 Å². The van der Waals surface area contributed by atoms with Crippen LogP contribution in [0.1, 0.15) is 59.7 Å². The van der Waals surface area contributed by atoms with Gasteiger partial charge in [0.25, 0.3) is 5.91 Å². The summed E-state index contributed by atoms with van der Waals surface area (Å²) in [5.41, 5.74) is 0.386. The summed E-state index contributed by atoms with van der Waals surface area (Å²) in [4.78, 5) is 31.0. The van der Waals surface area contributed by atoms with Crippen molar-refractivity contribution in [1.29, 1.82) is 0 Å². The minimum atomic E-state index is -0.503. The zero-order valence-electron chi connectivity index (χ0n) is 15.5. The Morgan fingerprint density at radius 2 is 1.89 bits per heavy atom. The van der Waals surface area contributed by atoms with E-state index in [2.05, 4.69) is 4.98 Å². The Kier molecular flexibility index (Phi) is 4.97. The third kappa shape index (κ3) is 3.75. The summed E-state index contributed by atoms with van der Waals surface area (Å²) >= 11 is 0. The van der Waals surface area contributed by atoms with Crippen molar-refractivity contribution in [1.82, 2.24) is 9.88 Å². The lowest BCUT2D eigenvalue weighted by molar-refractivity contribution is 0.0590. The van der Waals surface area contributed by atoms with Crippen molar-refractivity contribution < 1.29 is 13.9 Å². The number of rotatable bonds is 4. The van der Waals surface area contributed by atoms with Crippen LogP contribution in [0, 0.1) is 6.92 Å². The molecule has 0 spiro atoms. The first-order chi connectivity index (χ1) is 13.1. The molecule has 0 radical (unpaired) electrons. The van der Waals surface area contributed by atoms with E-state index in [4.69, 9.17) is 9.15 Å². The number of ether oxygens (including phenoxy) is 1.